The van der Waals surface area contributed by atoms with Crippen LogP contribution >= 0.6 is 12.4 Å². The Kier molecular flexibility index (Phi) is 7.50. The topological polar surface area (TPSA) is 39.7 Å². The molecule has 0 radical (unpaired) electrons. The lowest BCUT2D eigenvalue weighted by atomic mass is 9.91. The standard InChI is InChI=1S/C21H29F3N4O.ClH/c22-21(23,24)19-6-5-18(15-25-19)27-11-7-16(8-12-27)20(29)28-10-2-9-26(13-14-28)17-3-1-4-17;/h5-6,15-17H,1-4,7-14H2;1H. The molecule has 0 unspecified atom stereocenters. The minimum atomic E-state index is -4.42. The molecule has 1 aromatic heterocycles. The molecule has 1 amide bonds. The van der Waals surface area contributed by atoms with E-state index >= 15 is 0 Å². The minimum Gasteiger partial charge on any atom is -0.370 e. The normalized spacial score (nSPS) is 22.2. The van der Waals surface area contributed by atoms with Gasteiger partial charge in [0.15, 0.2) is 0 Å². The highest BCUT2D eigenvalue weighted by atomic mass is 35.5. The lowest BCUT2D eigenvalue weighted by molar-refractivity contribution is -0.141. The fraction of sp³-hybridized carbons (Fsp3) is 0.714. The average molecular weight is 447 g/mol. The lowest BCUT2D eigenvalue weighted by Gasteiger charge is -2.37. The second-order valence-electron chi connectivity index (χ2n) is 8.46. The van der Waals surface area contributed by atoms with Crippen molar-refractivity contribution in [2.75, 3.05) is 44.2 Å². The van der Waals surface area contributed by atoms with E-state index in [0.717, 1.165) is 57.5 Å². The Bertz CT molecular complexity index is 703. The van der Waals surface area contributed by atoms with Gasteiger partial charge in [-0.3, -0.25) is 9.69 Å². The number of halogens is 4. The summed E-state index contributed by atoms with van der Waals surface area (Å²) in [4.78, 5) is 23.2. The first-order valence-corrected chi connectivity index (χ1v) is 10.7. The molecule has 0 atom stereocenters. The van der Waals surface area contributed by atoms with E-state index in [1.54, 1.807) is 0 Å². The molecule has 3 fully saturated rings. The van der Waals surface area contributed by atoms with E-state index in [2.05, 4.69) is 9.88 Å². The second kappa shape index (κ2) is 9.73. The molecule has 0 N–H and O–H groups in total. The molecule has 1 saturated carbocycles. The van der Waals surface area contributed by atoms with Gasteiger partial charge in [0.1, 0.15) is 5.69 Å². The molecule has 0 bridgehead atoms. The van der Waals surface area contributed by atoms with Gasteiger partial charge in [0.05, 0.1) is 11.9 Å². The van der Waals surface area contributed by atoms with Crippen molar-refractivity contribution in [1.82, 2.24) is 14.8 Å². The van der Waals surface area contributed by atoms with E-state index in [4.69, 9.17) is 0 Å². The number of alkyl halides is 3. The first-order valence-electron chi connectivity index (χ1n) is 10.7. The van der Waals surface area contributed by atoms with Gasteiger partial charge < -0.3 is 9.80 Å². The number of hydrogen-bond acceptors (Lipinski definition) is 4. The van der Waals surface area contributed by atoms with Gasteiger partial charge in [0.25, 0.3) is 0 Å². The van der Waals surface area contributed by atoms with Crippen LogP contribution in [0.5, 0.6) is 0 Å². The van der Waals surface area contributed by atoms with Crippen molar-refractivity contribution in [2.45, 2.75) is 50.7 Å². The van der Waals surface area contributed by atoms with Crippen molar-refractivity contribution in [3.05, 3.63) is 24.0 Å². The highest BCUT2D eigenvalue weighted by molar-refractivity contribution is 5.85. The second-order valence-corrected chi connectivity index (χ2v) is 8.46. The fourth-order valence-corrected chi connectivity index (χ4v) is 4.66. The molecule has 2 saturated heterocycles. The SMILES string of the molecule is Cl.O=C(C1CCN(c2ccc(C(F)(F)F)nc2)CC1)N1CCCN(C2CCC2)CC1. The van der Waals surface area contributed by atoms with Crippen LogP contribution in [0, 0.1) is 5.92 Å². The molecule has 30 heavy (non-hydrogen) atoms. The number of carbonyl (C=O) groups excluding carboxylic acids is 1. The van der Waals surface area contributed by atoms with Crippen molar-refractivity contribution in [2.24, 2.45) is 5.92 Å². The van der Waals surface area contributed by atoms with Crippen molar-refractivity contribution < 1.29 is 18.0 Å². The molecule has 168 valence electrons. The Labute approximate surface area is 182 Å². The van der Waals surface area contributed by atoms with E-state index in [1.165, 1.54) is 31.5 Å². The monoisotopic (exact) mass is 446 g/mol. The number of aromatic nitrogens is 1. The van der Waals surface area contributed by atoms with E-state index in [-0.39, 0.29) is 24.2 Å². The largest absolute Gasteiger partial charge is 0.433 e. The van der Waals surface area contributed by atoms with E-state index in [9.17, 15) is 18.0 Å². The summed E-state index contributed by atoms with van der Waals surface area (Å²) in [5, 5.41) is 0. The van der Waals surface area contributed by atoms with Gasteiger partial charge in [-0.15, -0.1) is 12.4 Å². The van der Waals surface area contributed by atoms with Crippen molar-refractivity contribution >= 4 is 24.0 Å². The summed E-state index contributed by atoms with van der Waals surface area (Å²) < 4.78 is 38.0. The molecular formula is C21H30ClF3N4O. The first-order chi connectivity index (χ1) is 13.9. The molecule has 3 heterocycles. The molecule has 3 aliphatic rings. The number of carbonyl (C=O) groups is 1. The number of pyridine rings is 1. The van der Waals surface area contributed by atoms with Crippen LogP contribution in [-0.2, 0) is 11.0 Å². The molecule has 0 spiro atoms. The summed E-state index contributed by atoms with van der Waals surface area (Å²) in [5.74, 6) is 0.273. The van der Waals surface area contributed by atoms with Gasteiger partial charge in [-0.05, 0) is 44.2 Å². The average Bonchev–Trinajstić information content (AvgIpc) is 2.92. The molecule has 1 aliphatic carbocycles. The zero-order valence-electron chi connectivity index (χ0n) is 17.1. The fourth-order valence-electron chi connectivity index (χ4n) is 4.66. The maximum atomic E-state index is 13.0. The Morgan fingerprint density at radius 1 is 0.933 bits per heavy atom. The van der Waals surface area contributed by atoms with E-state index < -0.39 is 11.9 Å². The van der Waals surface area contributed by atoms with Crippen molar-refractivity contribution in [3.8, 4) is 0 Å². The predicted octanol–water partition coefficient (Wildman–Crippen LogP) is 3.83. The Hall–Kier alpha value is -1.54. The number of hydrogen-bond donors (Lipinski definition) is 0. The van der Waals surface area contributed by atoms with Crippen LogP contribution in [0.25, 0.3) is 0 Å². The van der Waals surface area contributed by atoms with Gasteiger partial charge in [-0.25, -0.2) is 4.98 Å². The molecular weight excluding hydrogens is 417 g/mol. The van der Waals surface area contributed by atoms with Crippen LogP contribution in [0.1, 0.15) is 44.2 Å². The van der Waals surface area contributed by atoms with Gasteiger partial charge in [0, 0.05) is 51.2 Å². The molecule has 2 aliphatic heterocycles. The van der Waals surface area contributed by atoms with Gasteiger partial charge >= 0.3 is 6.18 Å². The number of nitrogens with zero attached hydrogens (tertiary/aromatic N) is 4. The number of amides is 1. The van der Waals surface area contributed by atoms with Crippen LogP contribution < -0.4 is 4.90 Å². The first kappa shape index (κ1) is 23.1. The smallest absolute Gasteiger partial charge is 0.370 e. The summed E-state index contributed by atoms with van der Waals surface area (Å²) in [6.45, 7) is 5.07. The van der Waals surface area contributed by atoms with Crippen LogP contribution in [0.3, 0.4) is 0 Å². The Morgan fingerprint density at radius 2 is 1.67 bits per heavy atom. The summed E-state index contributed by atoms with van der Waals surface area (Å²) in [6, 6.07) is 3.23. The van der Waals surface area contributed by atoms with Crippen LogP contribution in [0.2, 0.25) is 0 Å². The molecule has 1 aromatic rings. The predicted molar refractivity (Wildman–Crippen MR) is 112 cm³/mol. The van der Waals surface area contributed by atoms with E-state index in [1.807, 2.05) is 9.80 Å². The van der Waals surface area contributed by atoms with Gasteiger partial charge in [-0.1, -0.05) is 6.42 Å². The van der Waals surface area contributed by atoms with Crippen LogP contribution in [-0.4, -0.2) is 66.0 Å². The molecule has 5 nitrogen and oxygen atoms in total. The maximum Gasteiger partial charge on any atom is 0.433 e. The van der Waals surface area contributed by atoms with Crippen LogP contribution in [0.4, 0.5) is 18.9 Å². The molecule has 4 rings (SSSR count). The quantitative estimate of drug-likeness (QED) is 0.707. The highest BCUT2D eigenvalue weighted by Crippen LogP contribution is 2.30. The summed E-state index contributed by atoms with van der Waals surface area (Å²) in [5.41, 5.74) is -0.182. The third-order valence-electron chi connectivity index (χ3n) is 6.68. The van der Waals surface area contributed by atoms with Crippen LogP contribution in [0.15, 0.2) is 18.3 Å². The number of piperidine rings is 1. The van der Waals surface area contributed by atoms with Gasteiger partial charge in [-0.2, -0.15) is 13.2 Å². The summed E-state index contributed by atoms with van der Waals surface area (Å²) in [6.07, 6.45) is 3.31. The third kappa shape index (κ3) is 5.19. The number of anilines is 1. The minimum absolute atomic E-state index is 0. The third-order valence-corrected chi connectivity index (χ3v) is 6.68. The Balaban J connectivity index is 0.00000256. The highest BCUT2D eigenvalue weighted by Gasteiger charge is 2.34. The number of rotatable bonds is 3. The lowest BCUT2D eigenvalue weighted by Crippen LogP contribution is -2.45. The zero-order chi connectivity index (χ0) is 20.4. The van der Waals surface area contributed by atoms with E-state index in [0.29, 0.717) is 18.8 Å². The maximum absolute atomic E-state index is 13.0. The van der Waals surface area contributed by atoms with Gasteiger partial charge in [0.2, 0.25) is 5.91 Å². The van der Waals surface area contributed by atoms with Crippen molar-refractivity contribution in [3.63, 3.8) is 0 Å². The van der Waals surface area contributed by atoms with Crippen molar-refractivity contribution in [1.29, 1.82) is 0 Å². The summed E-state index contributed by atoms with van der Waals surface area (Å²) in [7, 11) is 0. The summed E-state index contributed by atoms with van der Waals surface area (Å²) >= 11 is 0. The Morgan fingerprint density at radius 3 is 2.23 bits per heavy atom. The molecule has 0 aromatic carbocycles. The molecule has 9 heteroatoms. The zero-order valence-corrected chi connectivity index (χ0v) is 17.9.